The second-order valence-corrected chi connectivity index (χ2v) is 8.56. The van der Waals surface area contributed by atoms with E-state index in [9.17, 15) is 9.18 Å². The number of benzene rings is 3. The average Bonchev–Trinajstić information content (AvgIpc) is 2.75. The number of hydrogen-bond donors (Lipinski definition) is 0. The fraction of sp³-hybridized carbons (Fsp3) is 0.0870. The molecule has 0 spiro atoms. The van der Waals surface area contributed by atoms with Gasteiger partial charge in [-0.1, -0.05) is 28.1 Å². The van der Waals surface area contributed by atoms with Crippen molar-refractivity contribution in [1.29, 1.82) is 0 Å². The molecule has 1 aromatic heterocycles. The SMILES string of the molecule is Cc1nc2ccc(Br)cc2c(=O)n1N=Cc1ccc(OCc2ccc(F)cc2)c(Br)c1. The predicted octanol–water partition coefficient (Wildman–Crippen LogP) is 5.83. The first-order valence-electron chi connectivity index (χ1n) is 9.31. The van der Waals surface area contributed by atoms with Gasteiger partial charge in [0.1, 0.15) is 24.0 Å². The van der Waals surface area contributed by atoms with Gasteiger partial charge in [0.25, 0.3) is 5.56 Å². The van der Waals surface area contributed by atoms with Crippen LogP contribution in [0.5, 0.6) is 5.75 Å². The summed E-state index contributed by atoms with van der Waals surface area (Å²) in [5.74, 6) is 0.860. The molecule has 0 saturated carbocycles. The first-order chi connectivity index (χ1) is 14.9. The highest BCUT2D eigenvalue weighted by molar-refractivity contribution is 9.10. The molecular weight excluding hydrogens is 529 g/mol. The third-order valence-electron chi connectivity index (χ3n) is 4.56. The van der Waals surface area contributed by atoms with E-state index in [1.165, 1.54) is 16.8 Å². The largest absolute Gasteiger partial charge is 0.488 e. The number of ether oxygens (including phenoxy) is 1. The molecule has 4 aromatic rings. The summed E-state index contributed by atoms with van der Waals surface area (Å²) in [4.78, 5) is 17.3. The Bertz CT molecular complexity index is 1350. The molecule has 0 aliphatic heterocycles. The van der Waals surface area contributed by atoms with Crippen LogP contribution in [0.1, 0.15) is 17.0 Å². The monoisotopic (exact) mass is 543 g/mol. The van der Waals surface area contributed by atoms with Gasteiger partial charge in [0, 0.05) is 4.47 Å². The quantitative estimate of drug-likeness (QED) is 0.297. The lowest BCUT2D eigenvalue weighted by Gasteiger charge is -2.09. The normalized spacial score (nSPS) is 11.4. The highest BCUT2D eigenvalue weighted by Crippen LogP contribution is 2.26. The van der Waals surface area contributed by atoms with Gasteiger partial charge in [-0.05, 0) is 82.5 Å². The number of halogens is 3. The van der Waals surface area contributed by atoms with Gasteiger partial charge < -0.3 is 4.74 Å². The number of rotatable bonds is 5. The van der Waals surface area contributed by atoms with E-state index < -0.39 is 0 Å². The van der Waals surface area contributed by atoms with Gasteiger partial charge >= 0.3 is 0 Å². The summed E-state index contributed by atoms with van der Waals surface area (Å²) in [6.45, 7) is 2.06. The summed E-state index contributed by atoms with van der Waals surface area (Å²) in [5, 5.41) is 4.82. The van der Waals surface area contributed by atoms with Gasteiger partial charge in [-0.2, -0.15) is 9.78 Å². The standard InChI is InChI=1S/C23H16Br2FN3O2/c1-14-28-21-8-5-17(24)11-19(21)23(30)29(14)27-12-16-4-9-22(20(25)10-16)31-13-15-2-6-18(26)7-3-15/h2-12H,13H2,1H3. The molecule has 1 heterocycles. The number of aromatic nitrogens is 2. The van der Waals surface area contributed by atoms with Crippen molar-refractivity contribution in [3.8, 4) is 5.75 Å². The van der Waals surface area contributed by atoms with Crippen LogP contribution in [0.4, 0.5) is 4.39 Å². The van der Waals surface area contributed by atoms with Crippen LogP contribution < -0.4 is 10.3 Å². The van der Waals surface area contributed by atoms with E-state index in [0.717, 1.165) is 20.1 Å². The Morgan fingerprint density at radius 1 is 1.10 bits per heavy atom. The number of nitrogens with zero attached hydrogens (tertiary/aromatic N) is 3. The third-order valence-corrected chi connectivity index (χ3v) is 5.67. The molecule has 156 valence electrons. The zero-order valence-electron chi connectivity index (χ0n) is 16.3. The number of fused-ring (bicyclic) bond motifs is 1. The summed E-state index contributed by atoms with van der Waals surface area (Å²) >= 11 is 6.88. The molecule has 0 aliphatic rings. The van der Waals surface area contributed by atoms with Gasteiger partial charge in [-0.15, -0.1) is 0 Å². The minimum absolute atomic E-state index is 0.238. The summed E-state index contributed by atoms with van der Waals surface area (Å²) in [5.41, 5.74) is 2.03. The van der Waals surface area contributed by atoms with Gasteiger partial charge in [-0.25, -0.2) is 9.37 Å². The van der Waals surface area contributed by atoms with Crippen LogP contribution in [0, 0.1) is 12.7 Å². The lowest BCUT2D eigenvalue weighted by Crippen LogP contribution is -2.20. The molecular formula is C23H16Br2FN3O2. The van der Waals surface area contributed by atoms with Crippen LogP contribution in [0.25, 0.3) is 10.9 Å². The molecule has 0 N–H and O–H groups in total. The highest BCUT2D eigenvalue weighted by atomic mass is 79.9. The Hall–Kier alpha value is -2.84. The maximum atomic E-state index is 13.0. The Morgan fingerprint density at radius 2 is 1.87 bits per heavy atom. The van der Waals surface area contributed by atoms with Gasteiger partial charge in [-0.3, -0.25) is 4.79 Å². The van der Waals surface area contributed by atoms with E-state index in [0.29, 0.717) is 29.1 Å². The van der Waals surface area contributed by atoms with Gasteiger partial charge in [0.2, 0.25) is 0 Å². The molecule has 3 aromatic carbocycles. The van der Waals surface area contributed by atoms with Crippen LogP contribution in [0.15, 0.2) is 79.5 Å². The van der Waals surface area contributed by atoms with Crippen molar-refractivity contribution < 1.29 is 9.13 Å². The van der Waals surface area contributed by atoms with Crippen molar-refractivity contribution in [3.63, 3.8) is 0 Å². The van der Waals surface area contributed by atoms with Crippen LogP contribution in [0.3, 0.4) is 0 Å². The minimum atomic E-state index is -0.280. The summed E-state index contributed by atoms with van der Waals surface area (Å²) in [7, 11) is 0. The Balaban J connectivity index is 1.55. The van der Waals surface area contributed by atoms with Crippen molar-refractivity contribution in [1.82, 2.24) is 9.66 Å². The minimum Gasteiger partial charge on any atom is -0.488 e. The van der Waals surface area contributed by atoms with E-state index >= 15 is 0 Å². The lowest BCUT2D eigenvalue weighted by molar-refractivity contribution is 0.304. The Kier molecular flexibility index (Phi) is 6.29. The summed E-state index contributed by atoms with van der Waals surface area (Å²) in [6.07, 6.45) is 1.59. The van der Waals surface area contributed by atoms with E-state index in [2.05, 4.69) is 41.9 Å². The molecule has 0 fully saturated rings. The van der Waals surface area contributed by atoms with Crippen LogP contribution in [0.2, 0.25) is 0 Å². The Labute approximate surface area is 194 Å². The average molecular weight is 545 g/mol. The first kappa shape index (κ1) is 21.4. The topological polar surface area (TPSA) is 56.5 Å². The fourth-order valence-corrected chi connectivity index (χ4v) is 3.85. The van der Waals surface area contributed by atoms with Crippen molar-refractivity contribution in [3.05, 3.63) is 103 Å². The van der Waals surface area contributed by atoms with Crippen molar-refractivity contribution in [2.45, 2.75) is 13.5 Å². The molecule has 5 nitrogen and oxygen atoms in total. The van der Waals surface area contributed by atoms with E-state index in [1.807, 2.05) is 18.2 Å². The second-order valence-electron chi connectivity index (χ2n) is 6.79. The molecule has 0 bridgehead atoms. The molecule has 0 aliphatic carbocycles. The van der Waals surface area contributed by atoms with Gasteiger partial charge in [0.15, 0.2) is 0 Å². The number of aryl methyl sites for hydroxylation is 1. The highest BCUT2D eigenvalue weighted by Gasteiger charge is 2.08. The molecule has 0 unspecified atom stereocenters. The van der Waals surface area contributed by atoms with Crippen LogP contribution in [-0.2, 0) is 6.61 Å². The molecule has 0 saturated heterocycles. The van der Waals surface area contributed by atoms with Gasteiger partial charge in [0.05, 0.1) is 21.6 Å². The first-order valence-corrected chi connectivity index (χ1v) is 10.9. The summed E-state index contributed by atoms with van der Waals surface area (Å²) in [6, 6.07) is 17.0. The molecule has 4 rings (SSSR count). The molecule has 0 amide bonds. The van der Waals surface area contributed by atoms with Crippen LogP contribution >= 0.6 is 31.9 Å². The van der Waals surface area contributed by atoms with Crippen LogP contribution in [-0.4, -0.2) is 15.9 Å². The fourth-order valence-electron chi connectivity index (χ4n) is 2.98. The lowest BCUT2D eigenvalue weighted by atomic mass is 10.2. The van der Waals surface area contributed by atoms with Crippen molar-refractivity contribution >= 4 is 49.0 Å². The zero-order chi connectivity index (χ0) is 22.0. The Morgan fingerprint density at radius 3 is 2.61 bits per heavy atom. The van der Waals surface area contributed by atoms with E-state index in [-0.39, 0.29) is 11.4 Å². The zero-order valence-corrected chi connectivity index (χ0v) is 19.5. The van der Waals surface area contributed by atoms with E-state index in [1.54, 1.807) is 43.5 Å². The van der Waals surface area contributed by atoms with E-state index in [4.69, 9.17) is 4.74 Å². The van der Waals surface area contributed by atoms with Crippen molar-refractivity contribution in [2.75, 3.05) is 0 Å². The predicted molar refractivity (Wildman–Crippen MR) is 126 cm³/mol. The smallest absolute Gasteiger partial charge is 0.282 e. The third kappa shape index (κ3) is 4.91. The molecule has 31 heavy (non-hydrogen) atoms. The molecule has 0 radical (unpaired) electrons. The summed E-state index contributed by atoms with van der Waals surface area (Å²) < 4.78 is 21.6. The number of hydrogen-bond acceptors (Lipinski definition) is 4. The van der Waals surface area contributed by atoms with Crippen molar-refractivity contribution in [2.24, 2.45) is 5.10 Å². The second kappa shape index (κ2) is 9.11. The maximum absolute atomic E-state index is 13.0. The maximum Gasteiger partial charge on any atom is 0.282 e. The molecule has 8 heteroatoms. The molecule has 0 atom stereocenters.